The van der Waals surface area contributed by atoms with Crippen molar-refractivity contribution in [1.82, 2.24) is 0 Å². The number of epoxide rings is 1. The molecule has 0 bridgehead atoms. The predicted octanol–water partition coefficient (Wildman–Crippen LogP) is -1.51. The molecular formula is C6H12O4. The number of aliphatic hydroxyl groups is 3. The van der Waals surface area contributed by atoms with Gasteiger partial charge >= 0.3 is 0 Å². The van der Waals surface area contributed by atoms with E-state index in [-0.39, 0.29) is 18.8 Å². The van der Waals surface area contributed by atoms with Crippen molar-refractivity contribution in [3.05, 3.63) is 0 Å². The van der Waals surface area contributed by atoms with Crippen LogP contribution in [0.1, 0.15) is 6.92 Å². The Labute approximate surface area is 59.1 Å². The molecule has 1 rings (SSSR count). The van der Waals surface area contributed by atoms with E-state index in [1.54, 1.807) is 0 Å². The van der Waals surface area contributed by atoms with E-state index in [1.807, 2.05) is 0 Å². The molecule has 1 heterocycles. The summed E-state index contributed by atoms with van der Waals surface area (Å²) >= 11 is 0. The van der Waals surface area contributed by atoms with Gasteiger partial charge in [0, 0.05) is 0 Å². The molecule has 4 heteroatoms. The van der Waals surface area contributed by atoms with Crippen LogP contribution < -0.4 is 0 Å². The van der Waals surface area contributed by atoms with E-state index < -0.39 is 12.2 Å². The third-order valence-corrected chi connectivity index (χ3v) is 1.63. The molecule has 3 N–H and O–H groups in total. The van der Waals surface area contributed by atoms with Crippen LogP contribution in [-0.4, -0.2) is 46.3 Å². The van der Waals surface area contributed by atoms with Crippen molar-refractivity contribution in [2.45, 2.75) is 31.3 Å². The largest absolute Gasteiger partial charge is 0.394 e. The number of rotatable bonds is 3. The van der Waals surface area contributed by atoms with Crippen molar-refractivity contribution >= 4 is 0 Å². The maximum absolute atomic E-state index is 9.08. The molecular weight excluding hydrogens is 136 g/mol. The zero-order chi connectivity index (χ0) is 7.72. The van der Waals surface area contributed by atoms with Crippen LogP contribution >= 0.6 is 0 Å². The van der Waals surface area contributed by atoms with Gasteiger partial charge in [0.1, 0.15) is 18.3 Å². The smallest absolute Gasteiger partial charge is 0.115 e. The van der Waals surface area contributed by atoms with Gasteiger partial charge < -0.3 is 20.1 Å². The molecule has 4 unspecified atom stereocenters. The second-order valence-corrected chi connectivity index (χ2v) is 2.55. The minimum atomic E-state index is -0.864. The Morgan fingerprint density at radius 2 is 2.10 bits per heavy atom. The number of hydrogen-bond donors (Lipinski definition) is 3. The second-order valence-electron chi connectivity index (χ2n) is 2.55. The summed E-state index contributed by atoms with van der Waals surface area (Å²) in [6, 6.07) is 0. The number of aliphatic hydroxyl groups excluding tert-OH is 3. The summed E-state index contributed by atoms with van der Waals surface area (Å²) in [7, 11) is 0. The van der Waals surface area contributed by atoms with E-state index in [9.17, 15) is 0 Å². The first-order valence-corrected chi connectivity index (χ1v) is 3.29. The third-order valence-electron chi connectivity index (χ3n) is 1.63. The Bertz CT molecular complexity index is 114. The van der Waals surface area contributed by atoms with E-state index in [2.05, 4.69) is 0 Å². The first kappa shape index (κ1) is 7.94. The van der Waals surface area contributed by atoms with Crippen LogP contribution in [-0.2, 0) is 4.74 Å². The molecule has 0 aromatic rings. The highest BCUT2D eigenvalue weighted by atomic mass is 16.6. The summed E-state index contributed by atoms with van der Waals surface area (Å²) in [5.74, 6) is 0. The summed E-state index contributed by atoms with van der Waals surface area (Å²) in [6.45, 7) is 1.40. The molecule has 0 spiro atoms. The normalized spacial score (nSPS) is 37.2. The fourth-order valence-electron chi connectivity index (χ4n) is 0.878. The molecule has 1 aliphatic rings. The van der Waals surface area contributed by atoms with Crippen LogP contribution in [0, 0.1) is 0 Å². The quantitative estimate of drug-likeness (QED) is 0.425. The molecule has 1 saturated heterocycles. The van der Waals surface area contributed by atoms with Crippen molar-refractivity contribution in [1.29, 1.82) is 0 Å². The summed E-state index contributed by atoms with van der Waals surface area (Å²) in [4.78, 5) is 0. The average Bonchev–Trinajstić information content (AvgIpc) is 2.64. The monoisotopic (exact) mass is 148 g/mol. The van der Waals surface area contributed by atoms with Crippen LogP contribution in [0.15, 0.2) is 0 Å². The third kappa shape index (κ3) is 1.46. The zero-order valence-electron chi connectivity index (χ0n) is 5.77. The number of hydrogen-bond acceptors (Lipinski definition) is 4. The second kappa shape index (κ2) is 2.84. The van der Waals surface area contributed by atoms with Gasteiger partial charge in [-0.3, -0.25) is 0 Å². The molecule has 0 aromatic heterocycles. The standard InChI is InChI=1S/C6H12O4/c1-3(8)5(9)6-4(2-7)10-6/h3-9H,2H2,1H3. The molecule has 60 valence electrons. The zero-order valence-corrected chi connectivity index (χ0v) is 5.77. The van der Waals surface area contributed by atoms with Crippen molar-refractivity contribution in [2.75, 3.05) is 6.61 Å². The van der Waals surface area contributed by atoms with Gasteiger partial charge in [-0.1, -0.05) is 0 Å². The Morgan fingerprint density at radius 1 is 1.50 bits per heavy atom. The summed E-state index contributed by atoms with van der Waals surface area (Å²) in [6.07, 6.45) is -2.30. The van der Waals surface area contributed by atoms with E-state index in [0.717, 1.165) is 0 Å². The highest BCUT2D eigenvalue weighted by molar-refractivity contribution is 4.92. The molecule has 4 atom stereocenters. The van der Waals surface area contributed by atoms with E-state index in [0.29, 0.717) is 0 Å². The topological polar surface area (TPSA) is 73.2 Å². The minimum Gasteiger partial charge on any atom is -0.394 e. The van der Waals surface area contributed by atoms with Crippen LogP contribution in [0.4, 0.5) is 0 Å². The van der Waals surface area contributed by atoms with E-state index in [4.69, 9.17) is 20.1 Å². The van der Waals surface area contributed by atoms with Gasteiger partial charge in [0.15, 0.2) is 0 Å². The molecule has 0 saturated carbocycles. The van der Waals surface area contributed by atoms with Gasteiger partial charge in [-0.15, -0.1) is 0 Å². The van der Waals surface area contributed by atoms with Gasteiger partial charge in [0.05, 0.1) is 12.7 Å². The Kier molecular flexibility index (Phi) is 2.25. The van der Waals surface area contributed by atoms with Gasteiger partial charge in [-0.05, 0) is 6.92 Å². The van der Waals surface area contributed by atoms with Gasteiger partial charge in [-0.25, -0.2) is 0 Å². The molecule has 4 nitrogen and oxygen atoms in total. The van der Waals surface area contributed by atoms with Crippen LogP contribution in [0.25, 0.3) is 0 Å². The summed E-state index contributed by atoms with van der Waals surface area (Å²) in [5.41, 5.74) is 0. The van der Waals surface area contributed by atoms with E-state index >= 15 is 0 Å². The molecule has 0 aromatic carbocycles. The molecule has 0 aliphatic carbocycles. The molecule has 1 aliphatic heterocycles. The average molecular weight is 148 g/mol. The first-order valence-electron chi connectivity index (χ1n) is 3.29. The first-order chi connectivity index (χ1) is 4.66. The van der Waals surface area contributed by atoms with Crippen LogP contribution in [0.2, 0.25) is 0 Å². The molecule has 1 fully saturated rings. The lowest BCUT2D eigenvalue weighted by Gasteiger charge is -2.09. The lowest BCUT2D eigenvalue weighted by molar-refractivity contribution is 0.0136. The van der Waals surface area contributed by atoms with Gasteiger partial charge in [0.2, 0.25) is 0 Å². The lowest BCUT2D eigenvalue weighted by atomic mass is 10.1. The van der Waals surface area contributed by atoms with Crippen molar-refractivity contribution < 1.29 is 20.1 Å². The fraction of sp³-hybridized carbons (Fsp3) is 1.00. The Balaban J connectivity index is 2.25. The molecule has 0 radical (unpaired) electrons. The van der Waals surface area contributed by atoms with Crippen LogP contribution in [0.3, 0.4) is 0 Å². The Morgan fingerprint density at radius 3 is 2.40 bits per heavy atom. The molecule has 0 amide bonds. The van der Waals surface area contributed by atoms with E-state index in [1.165, 1.54) is 6.92 Å². The predicted molar refractivity (Wildman–Crippen MR) is 33.4 cm³/mol. The lowest BCUT2D eigenvalue weighted by Crippen LogP contribution is -2.29. The summed E-state index contributed by atoms with van der Waals surface area (Å²) in [5, 5.41) is 26.4. The fourth-order valence-corrected chi connectivity index (χ4v) is 0.878. The van der Waals surface area contributed by atoms with Crippen molar-refractivity contribution in [3.8, 4) is 0 Å². The maximum atomic E-state index is 9.08. The van der Waals surface area contributed by atoms with Gasteiger partial charge in [-0.2, -0.15) is 0 Å². The van der Waals surface area contributed by atoms with Crippen molar-refractivity contribution in [2.24, 2.45) is 0 Å². The van der Waals surface area contributed by atoms with Crippen molar-refractivity contribution in [3.63, 3.8) is 0 Å². The molecule has 10 heavy (non-hydrogen) atoms. The number of ether oxygens (including phenoxy) is 1. The maximum Gasteiger partial charge on any atom is 0.115 e. The minimum absolute atomic E-state index is 0.0888. The van der Waals surface area contributed by atoms with Crippen LogP contribution in [0.5, 0.6) is 0 Å². The SMILES string of the molecule is CC(O)C(O)C1OC1CO. The highest BCUT2D eigenvalue weighted by Gasteiger charge is 2.45. The highest BCUT2D eigenvalue weighted by Crippen LogP contribution is 2.26. The Hall–Kier alpha value is -0.160. The van der Waals surface area contributed by atoms with Gasteiger partial charge in [0.25, 0.3) is 0 Å². The summed E-state index contributed by atoms with van der Waals surface area (Å²) < 4.78 is 4.83.